The Balaban J connectivity index is 1.36. The molecule has 0 unspecified atom stereocenters. The van der Waals surface area contributed by atoms with Crippen molar-refractivity contribution in [2.24, 2.45) is 0 Å². The van der Waals surface area contributed by atoms with Crippen molar-refractivity contribution in [2.45, 2.75) is 44.8 Å². The summed E-state index contributed by atoms with van der Waals surface area (Å²) in [6.45, 7) is 7.17. The number of methoxy groups -OCH3 is 2. The van der Waals surface area contributed by atoms with E-state index in [1.165, 1.54) is 0 Å². The highest BCUT2D eigenvalue weighted by atomic mass is 16.5. The zero-order valence-corrected chi connectivity index (χ0v) is 21.3. The van der Waals surface area contributed by atoms with Gasteiger partial charge in [-0.2, -0.15) is 0 Å². The van der Waals surface area contributed by atoms with Gasteiger partial charge in [0.2, 0.25) is 0 Å². The van der Waals surface area contributed by atoms with Crippen molar-refractivity contribution in [3.63, 3.8) is 0 Å². The van der Waals surface area contributed by atoms with Gasteiger partial charge in [0.1, 0.15) is 28.5 Å². The molecule has 8 heteroatoms. The molecule has 1 saturated heterocycles. The largest absolute Gasteiger partial charge is 0.496 e. The molecule has 0 bridgehead atoms. The molecule has 2 amide bonds. The minimum absolute atomic E-state index is 0.0698. The van der Waals surface area contributed by atoms with Crippen LogP contribution >= 0.6 is 0 Å². The smallest absolute Gasteiger partial charge is 0.272 e. The molecular formula is C28H31N3O5. The molecule has 1 spiro atoms. The predicted molar refractivity (Wildman–Crippen MR) is 136 cm³/mol. The van der Waals surface area contributed by atoms with Crippen LogP contribution < -0.4 is 19.5 Å². The fourth-order valence-corrected chi connectivity index (χ4v) is 4.87. The van der Waals surface area contributed by atoms with Crippen molar-refractivity contribution in [1.29, 1.82) is 0 Å². The lowest BCUT2D eigenvalue weighted by Gasteiger charge is -2.44. The molecule has 2 aliphatic heterocycles. The Hall–Kier alpha value is -3.81. The molecule has 0 atom stereocenters. The number of amides is 2. The number of fused-ring (bicyclic) bond motifs is 2. The van der Waals surface area contributed by atoms with Crippen LogP contribution in [0.25, 0.3) is 10.9 Å². The quantitative estimate of drug-likeness (QED) is 0.590. The van der Waals surface area contributed by atoms with Crippen molar-refractivity contribution < 1.29 is 23.8 Å². The molecule has 36 heavy (non-hydrogen) atoms. The monoisotopic (exact) mass is 489 g/mol. The Morgan fingerprint density at radius 2 is 1.78 bits per heavy atom. The fourth-order valence-electron chi connectivity index (χ4n) is 4.87. The lowest BCUT2D eigenvalue weighted by atomic mass is 9.85. The summed E-state index contributed by atoms with van der Waals surface area (Å²) in [5.74, 6) is 1.37. The topological polar surface area (TPSA) is 90.0 Å². The summed E-state index contributed by atoms with van der Waals surface area (Å²) in [5, 5.41) is 3.85. The van der Waals surface area contributed by atoms with Gasteiger partial charge < -0.3 is 24.4 Å². The zero-order valence-electron chi connectivity index (χ0n) is 21.3. The average Bonchev–Trinajstić information content (AvgIpc) is 2.87. The first-order valence-corrected chi connectivity index (χ1v) is 12.1. The molecule has 2 aliphatic rings. The van der Waals surface area contributed by atoms with Gasteiger partial charge in [0.15, 0.2) is 5.72 Å². The van der Waals surface area contributed by atoms with Crippen LogP contribution in [0.15, 0.2) is 42.5 Å². The van der Waals surface area contributed by atoms with E-state index in [1.807, 2.05) is 30.3 Å². The second-order valence-corrected chi connectivity index (χ2v) is 10.4. The van der Waals surface area contributed by atoms with Gasteiger partial charge in [0.05, 0.1) is 19.8 Å². The highest BCUT2D eigenvalue weighted by molar-refractivity contribution is 5.99. The summed E-state index contributed by atoms with van der Waals surface area (Å²) < 4.78 is 17.3. The van der Waals surface area contributed by atoms with E-state index in [0.29, 0.717) is 54.3 Å². The van der Waals surface area contributed by atoms with Gasteiger partial charge in [-0.3, -0.25) is 9.59 Å². The van der Waals surface area contributed by atoms with Crippen LogP contribution in [0, 0.1) is 0 Å². The van der Waals surface area contributed by atoms with E-state index in [0.717, 1.165) is 10.9 Å². The van der Waals surface area contributed by atoms with Crippen LogP contribution in [0.2, 0.25) is 0 Å². The Morgan fingerprint density at radius 3 is 2.44 bits per heavy atom. The Labute approximate surface area is 210 Å². The standard InChI is InChI=1S/C28H31N3O5/c1-27(2,3)17-9-10-21-19(15-17)25(32)30-28(36-21)11-13-31(14-12-28)26(33)20-16-23(35-5)18-7-6-8-22(34-4)24(18)29-20/h6-10,15-16H,11-14H2,1-5H3,(H,30,32). The lowest BCUT2D eigenvalue weighted by Crippen LogP contribution is -2.61. The van der Waals surface area contributed by atoms with Crippen molar-refractivity contribution in [2.75, 3.05) is 27.3 Å². The van der Waals surface area contributed by atoms with Gasteiger partial charge in [0.25, 0.3) is 11.8 Å². The number of pyridine rings is 1. The van der Waals surface area contributed by atoms with E-state index in [4.69, 9.17) is 14.2 Å². The maximum atomic E-state index is 13.4. The van der Waals surface area contributed by atoms with Crippen LogP contribution in [0.4, 0.5) is 0 Å². The molecule has 1 N–H and O–H groups in total. The van der Waals surface area contributed by atoms with E-state index in [2.05, 4.69) is 31.1 Å². The van der Waals surface area contributed by atoms with Crippen LogP contribution in [-0.4, -0.2) is 54.7 Å². The third-order valence-electron chi connectivity index (χ3n) is 7.02. The van der Waals surface area contributed by atoms with Crippen LogP contribution in [0.1, 0.15) is 60.0 Å². The average molecular weight is 490 g/mol. The number of nitrogens with zero attached hydrogens (tertiary/aromatic N) is 2. The first-order chi connectivity index (χ1) is 17.1. The molecule has 3 aromatic rings. The Bertz CT molecular complexity index is 1350. The number of para-hydroxylation sites is 1. The Kier molecular flexibility index (Phi) is 5.77. The van der Waals surface area contributed by atoms with E-state index in [1.54, 1.807) is 31.3 Å². The second-order valence-electron chi connectivity index (χ2n) is 10.4. The molecule has 0 radical (unpaired) electrons. The summed E-state index contributed by atoms with van der Waals surface area (Å²) in [4.78, 5) is 32.8. The minimum Gasteiger partial charge on any atom is -0.496 e. The van der Waals surface area contributed by atoms with Crippen LogP contribution in [-0.2, 0) is 5.41 Å². The maximum absolute atomic E-state index is 13.4. The van der Waals surface area contributed by atoms with Crippen molar-refractivity contribution in [3.05, 3.63) is 59.3 Å². The van der Waals surface area contributed by atoms with E-state index in [9.17, 15) is 9.59 Å². The summed E-state index contributed by atoms with van der Waals surface area (Å²) in [7, 11) is 3.14. The number of piperidine rings is 1. The van der Waals surface area contributed by atoms with Crippen molar-refractivity contribution >= 4 is 22.7 Å². The van der Waals surface area contributed by atoms with Gasteiger partial charge in [-0.1, -0.05) is 32.9 Å². The summed E-state index contributed by atoms with van der Waals surface area (Å²) in [6.07, 6.45) is 0.942. The van der Waals surface area contributed by atoms with E-state index < -0.39 is 5.72 Å². The molecule has 3 heterocycles. The highest BCUT2D eigenvalue weighted by Crippen LogP contribution is 2.37. The summed E-state index contributed by atoms with van der Waals surface area (Å²) in [6, 6.07) is 13.0. The predicted octanol–water partition coefficient (Wildman–Crippen LogP) is 4.30. The summed E-state index contributed by atoms with van der Waals surface area (Å²) in [5.41, 5.74) is 1.58. The number of aromatic nitrogens is 1. The number of rotatable bonds is 3. The van der Waals surface area contributed by atoms with Gasteiger partial charge in [0, 0.05) is 37.4 Å². The first-order valence-electron chi connectivity index (χ1n) is 12.1. The fraction of sp³-hybridized carbons (Fsp3) is 0.393. The van der Waals surface area contributed by atoms with Gasteiger partial charge in [-0.25, -0.2) is 4.98 Å². The molecule has 8 nitrogen and oxygen atoms in total. The van der Waals surface area contributed by atoms with E-state index in [-0.39, 0.29) is 22.9 Å². The first kappa shape index (κ1) is 23.9. The minimum atomic E-state index is -0.832. The number of hydrogen-bond donors (Lipinski definition) is 1. The molecule has 0 aliphatic carbocycles. The summed E-state index contributed by atoms with van der Waals surface area (Å²) >= 11 is 0. The normalized spacial score (nSPS) is 16.8. The SMILES string of the molecule is COc1cc(C(=O)N2CCC3(CC2)NC(=O)c2cc(C(C)(C)C)ccc2O3)nc2c(OC)cccc12. The number of nitrogens with one attached hydrogen (secondary N) is 1. The van der Waals surface area contributed by atoms with Crippen LogP contribution in [0.5, 0.6) is 17.2 Å². The lowest BCUT2D eigenvalue weighted by molar-refractivity contribution is -0.0247. The Morgan fingerprint density at radius 1 is 1.06 bits per heavy atom. The maximum Gasteiger partial charge on any atom is 0.272 e. The van der Waals surface area contributed by atoms with Gasteiger partial charge >= 0.3 is 0 Å². The number of carbonyl (C=O) groups excluding carboxylic acids is 2. The van der Waals surface area contributed by atoms with Crippen molar-refractivity contribution in [3.8, 4) is 17.2 Å². The molecule has 0 saturated carbocycles. The van der Waals surface area contributed by atoms with E-state index >= 15 is 0 Å². The zero-order chi connectivity index (χ0) is 25.7. The molecule has 5 rings (SSSR count). The molecular weight excluding hydrogens is 458 g/mol. The number of carbonyl (C=O) groups is 2. The number of likely N-dealkylation sites (tertiary alicyclic amines) is 1. The molecule has 1 fully saturated rings. The number of benzene rings is 2. The number of hydrogen-bond acceptors (Lipinski definition) is 6. The second kappa shape index (κ2) is 8.69. The van der Waals surface area contributed by atoms with Gasteiger partial charge in [-0.05, 0) is 35.2 Å². The molecule has 188 valence electrons. The third kappa shape index (κ3) is 4.10. The number of ether oxygens (including phenoxy) is 3. The van der Waals surface area contributed by atoms with Crippen molar-refractivity contribution in [1.82, 2.24) is 15.2 Å². The third-order valence-corrected chi connectivity index (χ3v) is 7.02. The van der Waals surface area contributed by atoms with Gasteiger partial charge in [-0.15, -0.1) is 0 Å². The highest BCUT2D eigenvalue weighted by Gasteiger charge is 2.43. The molecule has 2 aromatic carbocycles. The van der Waals surface area contributed by atoms with Crippen LogP contribution in [0.3, 0.4) is 0 Å². The molecule has 1 aromatic heterocycles.